The summed E-state index contributed by atoms with van der Waals surface area (Å²) >= 11 is 13.3. The van der Waals surface area contributed by atoms with E-state index in [0.29, 0.717) is 64.1 Å². The van der Waals surface area contributed by atoms with Gasteiger partial charge in [0.1, 0.15) is 23.1 Å². The number of allylic oxidation sites excluding steroid dienone is 3. The van der Waals surface area contributed by atoms with Crippen LogP contribution in [0.5, 0.6) is 0 Å². The number of amides is 1. The number of dihydropyridines is 1. The smallest absolute Gasteiger partial charge is 0.212 e. The zero-order valence-electron chi connectivity index (χ0n) is 22.6. The Morgan fingerprint density at radius 1 is 1.29 bits per heavy atom. The van der Waals surface area contributed by atoms with E-state index in [1.165, 1.54) is 0 Å². The number of halogens is 2. The van der Waals surface area contributed by atoms with E-state index >= 15 is 0 Å². The fourth-order valence-electron chi connectivity index (χ4n) is 4.69. The molecule has 204 valence electrons. The number of likely N-dealkylation sites (N-methyl/N-ethyl adjacent to an activating group) is 1. The predicted octanol–water partition coefficient (Wildman–Crippen LogP) is 5.62. The summed E-state index contributed by atoms with van der Waals surface area (Å²) in [6.07, 6.45) is 14.4. The van der Waals surface area contributed by atoms with E-state index in [9.17, 15) is 4.79 Å². The molecule has 2 N–H and O–H groups in total. The number of amidine groups is 1. The maximum Gasteiger partial charge on any atom is 0.212 e. The second-order valence-corrected chi connectivity index (χ2v) is 10.6. The molecule has 3 atom stereocenters. The van der Waals surface area contributed by atoms with Crippen LogP contribution in [0.25, 0.3) is 0 Å². The normalized spacial score (nSPS) is 20.1. The van der Waals surface area contributed by atoms with Gasteiger partial charge < -0.3 is 15.5 Å². The lowest BCUT2D eigenvalue weighted by molar-refractivity contribution is -0.105. The van der Waals surface area contributed by atoms with E-state index in [1.807, 2.05) is 31.3 Å². The van der Waals surface area contributed by atoms with Crippen LogP contribution in [0.4, 0.5) is 5.82 Å². The Labute approximate surface area is 236 Å². The molecule has 38 heavy (non-hydrogen) atoms. The summed E-state index contributed by atoms with van der Waals surface area (Å²) in [5.74, 6) is 1.68. The Morgan fingerprint density at radius 2 is 2.05 bits per heavy atom. The summed E-state index contributed by atoms with van der Waals surface area (Å²) in [6, 6.07) is 1.81. The summed E-state index contributed by atoms with van der Waals surface area (Å²) < 4.78 is 0. The zero-order chi connectivity index (χ0) is 27.7. The van der Waals surface area contributed by atoms with Gasteiger partial charge in [0, 0.05) is 31.6 Å². The second-order valence-electron chi connectivity index (χ2n) is 9.76. The van der Waals surface area contributed by atoms with Crippen molar-refractivity contribution in [3.05, 3.63) is 70.4 Å². The quantitative estimate of drug-likeness (QED) is 0.151. The van der Waals surface area contributed by atoms with E-state index in [-0.39, 0.29) is 18.0 Å². The van der Waals surface area contributed by atoms with Crippen LogP contribution in [0.3, 0.4) is 0 Å². The van der Waals surface area contributed by atoms with Gasteiger partial charge >= 0.3 is 0 Å². The van der Waals surface area contributed by atoms with Gasteiger partial charge in [-0.3, -0.25) is 14.8 Å². The van der Waals surface area contributed by atoms with Crippen LogP contribution < -0.4 is 10.6 Å². The summed E-state index contributed by atoms with van der Waals surface area (Å²) in [7, 11) is 1.93. The van der Waals surface area contributed by atoms with E-state index in [0.717, 1.165) is 19.4 Å². The molecular formula is C29H38Cl2N6O. The molecule has 2 aliphatic rings. The van der Waals surface area contributed by atoms with Gasteiger partial charge in [-0.05, 0) is 38.8 Å². The third-order valence-electron chi connectivity index (χ3n) is 6.65. The molecule has 0 aromatic carbocycles. The molecule has 0 saturated carbocycles. The van der Waals surface area contributed by atoms with Crippen LogP contribution in [-0.4, -0.2) is 66.6 Å². The van der Waals surface area contributed by atoms with Gasteiger partial charge in [0.05, 0.1) is 21.7 Å². The third-order valence-corrected chi connectivity index (χ3v) is 7.27. The summed E-state index contributed by atoms with van der Waals surface area (Å²) in [6.45, 7) is 12.5. The molecule has 3 unspecified atom stereocenters. The van der Waals surface area contributed by atoms with Crippen LogP contribution in [0.1, 0.15) is 44.9 Å². The molecule has 9 heteroatoms. The Morgan fingerprint density at radius 3 is 2.71 bits per heavy atom. The molecule has 1 aliphatic carbocycles. The minimum Gasteiger partial charge on any atom is -0.352 e. The van der Waals surface area contributed by atoms with Crippen LogP contribution >= 0.6 is 23.2 Å². The molecule has 1 aromatic rings. The van der Waals surface area contributed by atoms with Crippen LogP contribution in [0, 0.1) is 11.8 Å². The first-order valence-electron chi connectivity index (χ1n) is 13.1. The van der Waals surface area contributed by atoms with E-state index < -0.39 is 0 Å². The molecule has 7 nitrogen and oxygen atoms in total. The first-order valence-corrected chi connectivity index (χ1v) is 13.8. The van der Waals surface area contributed by atoms with Crippen molar-refractivity contribution < 1.29 is 4.79 Å². The number of pyridine rings is 1. The summed E-state index contributed by atoms with van der Waals surface area (Å²) in [5.41, 5.74) is 1.59. The molecule has 0 radical (unpaired) electrons. The molecule has 1 aromatic heterocycles. The summed E-state index contributed by atoms with van der Waals surface area (Å²) in [5, 5.41) is 6.95. The molecule has 0 saturated heterocycles. The molecule has 0 bridgehead atoms. The number of anilines is 1. The monoisotopic (exact) mass is 556 g/mol. The lowest BCUT2D eigenvalue weighted by atomic mass is 9.86. The first kappa shape index (κ1) is 29.8. The SMILES string of the molecule is C=CCCN(/C(=N/C1C=CC=CC1C(C)C)c1cc(Cl)c(C2=NCCC=C2Cl)nc1NC=O)C(C)CNC. The van der Waals surface area contributed by atoms with Crippen molar-refractivity contribution >= 4 is 47.0 Å². The number of nitrogens with one attached hydrogen (secondary N) is 2. The van der Waals surface area contributed by atoms with Crippen LogP contribution in [0.2, 0.25) is 5.02 Å². The number of carbonyl (C=O) groups is 1. The van der Waals surface area contributed by atoms with Gasteiger partial charge in [0.25, 0.3) is 0 Å². The Balaban J connectivity index is 2.25. The van der Waals surface area contributed by atoms with Crippen molar-refractivity contribution in [2.75, 3.05) is 32.0 Å². The van der Waals surface area contributed by atoms with Gasteiger partial charge in [-0.1, -0.05) is 73.5 Å². The van der Waals surface area contributed by atoms with Gasteiger partial charge in [0.15, 0.2) is 0 Å². The molecule has 3 rings (SSSR count). The number of nitrogens with zero attached hydrogens (tertiary/aromatic N) is 4. The highest BCUT2D eigenvalue weighted by Crippen LogP contribution is 2.31. The highest BCUT2D eigenvalue weighted by atomic mass is 35.5. The van der Waals surface area contributed by atoms with Crippen molar-refractivity contribution in [3.63, 3.8) is 0 Å². The average Bonchev–Trinajstić information content (AvgIpc) is 2.90. The first-order chi connectivity index (χ1) is 18.3. The minimum atomic E-state index is -0.0920. The molecule has 0 fully saturated rings. The standard InChI is InChI=1S/C29H38Cl2N6O/c1-6-7-15-37(20(4)17-32-5)29(35-25-13-9-8-11-21(25)19(2)3)22-16-24(31)27(36-28(22)34-18-38)26-23(30)12-10-14-33-26/h6,8-9,11-13,16,18-21,25,32H,1,7,10,14-15,17H2,2-5H3,(H,34,36,38)/b35-29+. The van der Waals surface area contributed by atoms with Crippen LogP contribution in [-0.2, 0) is 4.79 Å². The van der Waals surface area contributed by atoms with Gasteiger partial charge in [-0.15, -0.1) is 6.58 Å². The number of aliphatic imine (C=N–C) groups is 2. The largest absolute Gasteiger partial charge is 0.352 e. The lowest BCUT2D eigenvalue weighted by Gasteiger charge is -2.35. The van der Waals surface area contributed by atoms with Gasteiger partial charge in [0.2, 0.25) is 6.41 Å². The lowest BCUT2D eigenvalue weighted by Crippen LogP contribution is -2.45. The maximum absolute atomic E-state index is 11.7. The second kappa shape index (κ2) is 14.4. The van der Waals surface area contributed by atoms with Crippen LogP contribution in [0.15, 0.2) is 64.1 Å². The fraction of sp³-hybridized carbons (Fsp3) is 0.448. The topological polar surface area (TPSA) is 82.0 Å². The number of hydrogen-bond acceptors (Lipinski definition) is 5. The van der Waals surface area contributed by atoms with Gasteiger partial charge in [-0.25, -0.2) is 4.98 Å². The summed E-state index contributed by atoms with van der Waals surface area (Å²) in [4.78, 5) is 28.6. The Kier molecular flexibility index (Phi) is 11.3. The maximum atomic E-state index is 11.7. The molecule has 1 aliphatic heterocycles. The number of carbonyl (C=O) groups excluding carboxylic acids is 1. The highest BCUT2D eigenvalue weighted by molar-refractivity contribution is 6.48. The van der Waals surface area contributed by atoms with E-state index in [2.05, 4.69) is 66.1 Å². The fourth-order valence-corrected chi connectivity index (χ4v) is 5.19. The number of rotatable bonds is 12. The Hall–Kier alpha value is -2.74. The average molecular weight is 558 g/mol. The number of hydrogen-bond donors (Lipinski definition) is 2. The number of aromatic nitrogens is 1. The van der Waals surface area contributed by atoms with Crippen molar-refractivity contribution in [2.45, 2.75) is 45.7 Å². The molecule has 0 spiro atoms. The molecule has 1 amide bonds. The minimum absolute atomic E-state index is 0.0851. The molecule has 2 heterocycles. The van der Waals surface area contributed by atoms with Crippen molar-refractivity contribution in [1.82, 2.24) is 15.2 Å². The van der Waals surface area contributed by atoms with Crippen molar-refractivity contribution in [3.8, 4) is 0 Å². The molecular weight excluding hydrogens is 519 g/mol. The van der Waals surface area contributed by atoms with Gasteiger partial charge in [-0.2, -0.15) is 0 Å². The zero-order valence-corrected chi connectivity index (χ0v) is 24.1. The third kappa shape index (κ3) is 7.22. The highest BCUT2D eigenvalue weighted by Gasteiger charge is 2.29. The van der Waals surface area contributed by atoms with E-state index in [1.54, 1.807) is 0 Å². The van der Waals surface area contributed by atoms with Crippen molar-refractivity contribution in [2.24, 2.45) is 21.8 Å². The predicted molar refractivity (Wildman–Crippen MR) is 161 cm³/mol. The van der Waals surface area contributed by atoms with Crippen molar-refractivity contribution in [1.29, 1.82) is 0 Å². The van der Waals surface area contributed by atoms with E-state index in [4.69, 9.17) is 33.2 Å². The Bertz CT molecular complexity index is 1150.